The Hall–Kier alpha value is -3.28. The van der Waals surface area contributed by atoms with Crippen LogP contribution < -0.4 is 21.1 Å². The Morgan fingerprint density at radius 2 is 1.83 bits per heavy atom. The van der Waals surface area contributed by atoms with Gasteiger partial charge < -0.3 is 21.1 Å². The summed E-state index contributed by atoms with van der Waals surface area (Å²) in [6, 6.07) is 13.8. The molecule has 0 aliphatic heterocycles. The zero-order valence-electron chi connectivity index (χ0n) is 13.1. The molecule has 4 N–H and O–H groups in total. The third-order valence-corrected chi connectivity index (χ3v) is 3.14. The number of carbonyl (C=O) groups is 2. The lowest BCUT2D eigenvalue weighted by atomic mass is 10.1. The van der Waals surface area contributed by atoms with E-state index in [4.69, 9.17) is 10.5 Å². The lowest BCUT2D eigenvalue weighted by Crippen LogP contribution is -2.24. The second kappa shape index (κ2) is 8.38. The lowest BCUT2D eigenvalue weighted by Gasteiger charge is -2.10. The number of carbonyl (C=O) groups excluding carboxylic acids is 2. The van der Waals surface area contributed by atoms with Gasteiger partial charge in [0.05, 0.1) is 17.8 Å². The molecule has 6 heteroatoms. The summed E-state index contributed by atoms with van der Waals surface area (Å²) < 4.78 is 5.38. The number of primary amides is 1. The first-order valence-corrected chi connectivity index (χ1v) is 7.36. The maximum Gasteiger partial charge on any atom is 0.250 e. The van der Waals surface area contributed by atoms with Gasteiger partial charge in [-0.1, -0.05) is 24.8 Å². The lowest BCUT2D eigenvalue weighted by molar-refractivity contribution is -0.114. The van der Waals surface area contributed by atoms with Gasteiger partial charge in [0, 0.05) is 5.69 Å². The minimum Gasteiger partial charge on any atom is -0.490 e. The SMILES string of the molecule is C=CCOc1ccc(NCC(=O)Nc2ccccc2C(N)=O)cc1. The minimum absolute atomic E-state index is 0.0555. The summed E-state index contributed by atoms with van der Waals surface area (Å²) >= 11 is 0. The number of amides is 2. The number of ether oxygens (including phenoxy) is 1. The fraction of sp³-hybridized carbons (Fsp3) is 0.111. The first-order chi connectivity index (χ1) is 11.6. The van der Waals surface area contributed by atoms with Crippen LogP contribution >= 0.6 is 0 Å². The second-order valence-corrected chi connectivity index (χ2v) is 4.94. The summed E-state index contributed by atoms with van der Waals surface area (Å²) in [7, 11) is 0. The number of para-hydroxylation sites is 1. The van der Waals surface area contributed by atoms with Crippen LogP contribution in [0.5, 0.6) is 5.75 Å². The molecule has 0 saturated heterocycles. The second-order valence-electron chi connectivity index (χ2n) is 4.94. The molecule has 6 nitrogen and oxygen atoms in total. The van der Waals surface area contributed by atoms with Gasteiger partial charge in [-0.15, -0.1) is 0 Å². The van der Waals surface area contributed by atoms with E-state index in [0.29, 0.717) is 12.3 Å². The van der Waals surface area contributed by atoms with Crippen LogP contribution in [0, 0.1) is 0 Å². The maximum atomic E-state index is 12.0. The third-order valence-electron chi connectivity index (χ3n) is 3.14. The van der Waals surface area contributed by atoms with Crippen LogP contribution in [0.25, 0.3) is 0 Å². The minimum atomic E-state index is -0.589. The van der Waals surface area contributed by atoms with E-state index in [1.807, 2.05) is 12.1 Å². The van der Waals surface area contributed by atoms with E-state index in [1.54, 1.807) is 42.5 Å². The van der Waals surface area contributed by atoms with Gasteiger partial charge in [-0.3, -0.25) is 9.59 Å². The molecule has 0 radical (unpaired) electrons. The molecule has 0 atom stereocenters. The Balaban J connectivity index is 1.89. The number of hydrogen-bond donors (Lipinski definition) is 3. The highest BCUT2D eigenvalue weighted by molar-refractivity contribution is 6.03. The Morgan fingerprint density at radius 1 is 1.12 bits per heavy atom. The first kappa shape index (κ1) is 17.1. The summed E-state index contributed by atoms with van der Waals surface area (Å²) in [4.78, 5) is 23.3. The highest BCUT2D eigenvalue weighted by atomic mass is 16.5. The van der Waals surface area contributed by atoms with Gasteiger partial charge in [-0.2, -0.15) is 0 Å². The molecule has 2 amide bonds. The average molecular weight is 325 g/mol. The van der Waals surface area contributed by atoms with Crippen molar-refractivity contribution >= 4 is 23.2 Å². The number of nitrogens with two attached hydrogens (primary N) is 1. The van der Waals surface area contributed by atoms with E-state index in [9.17, 15) is 9.59 Å². The van der Waals surface area contributed by atoms with Crippen LogP contribution in [0.2, 0.25) is 0 Å². The Bertz CT molecular complexity index is 727. The smallest absolute Gasteiger partial charge is 0.250 e. The van der Waals surface area contributed by atoms with Gasteiger partial charge in [0.25, 0.3) is 5.91 Å². The predicted molar refractivity (Wildman–Crippen MR) is 94.2 cm³/mol. The molecule has 24 heavy (non-hydrogen) atoms. The molecule has 0 fully saturated rings. The summed E-state index contributed by atoms with van der Waals surface area (Å²) in [5.74, 6) is -0.148. The Morgan fingerprint density at radius 3 is 2.50 bits per heavy atom. The first-order valence-electron chi connectivity index (χ1n) is 7.36. The number of anilines is 2. The zero-order chi connectivity index (χ0) is 17.4. The molecule has 2 aromatic rings. The monoisotopic (exact) mass is 325 g/mol. The summed E-state index contributed by atoms with van der Waals surface area (Å²) in [5.41, 5.74) is 6.72. The van der Waals surface area contributed by atoms with E-state index in [0.717, 1.165) is 11.4 Å². The Labute approximate surface area is 140 Å². The molecule has 2 rings (SSSR count). The van der Waals surface area contributed by atoms with Crippen molar-refractivity contribution in [3.8, 4) is 5.75 Å². The van der Waals surface area contributed by atoms with E-state index in [1.165, 1.54) is 0 Å². The fourth-order valence-corrected chi connectivity index (χ4v) is 2.01. The van der Waals surface area contributed by atoms with Crippen molar-refractivity contribution in [3.63, 3.8) is 0 Å². The molecule has 0 aliphatic rings. The van der Waals surface area contributed by atoms with Crippen molar-refractivity contribution < 1.29 is 14.3 Å². The van der Waals surface area contributed by atoms with Crippen molar-refractivity contribution in [3.05, 3.63) is 66.7 Å². The number of hydrogen-bond acceptors (Lipinski definition) is 4. The van der Waals surface area contributed by atoms with Crippen molar-refractivity contribution in [1.82, 2.24) is 0 Å². The molecule has 0 aromatic heterocycles. The van der Waals surface area contributed by atoms with Crippen LogP contribution in [0.1, 0.15) is 10.4 Å². The van der Waals surface area contributed by atoms with Gasteiger partial charge in [-0.25, -0.2) is 0 Å². The molecule has 0 heterocycles. The number of nitrogens with one attached hydrogen (secondary N) is 2. The van der Waals surface area contributed by atoms with Crippen LogP contribution in [0.4, 0.5) is 11.4 Å². The van der Waals surface area contributed by atoms with Gasteiger partial charge in [0.1, 0.15) is 12.4 Å². The summed E-state index contributed by atoms with van der Waals surface area (Å²) in [6.45, 7) is 4.08. The molecular weight excluding hydrogens is 306 g/mol. The van der Waals surface area contributed by atoms with Gasteiger partial charge in [0.2, 0.25) is 5.91 Å². The van der Waals surface area contributed by atoms with Crippen LogP contribution in [-0.2, 0) is 4.79 Å². The largest absolute Gasteiger partial charge is 0.490 e. The molecule has 0 spiro atoms. The van der Waals surface area contributed by atoms with Crippen molar-refractivity contribution in [1.29, 1.82) is 0 Å². The molecule has 0 unspecified atom stereocenters. The van der Waals surface area contributed by atoms with Gasteiger partial charge in [0.15, 0.2) is 0 Å². The fourth-order valence-electron chi connectivity index (χ4n) is 2.01. The third kappa shape index (κ3) is 4.88. The van der Waals surface area contributed by atoms with E-state index in [-0.39, 0.29) is 18.0 Å². The quantitative estimate of drug-likeness (QED) is 0.650. The average Bonchev–Trinajstić information content (AvgIpc) is 2.59. The topological polar surface area (TPSA) is 93.4 Å². The molecule has 0 bridgehead atoms. The molecule has 124 valence electrons. The van der Waals surface area contributed by atoms with Crippen molar-refractivity contribution in [2.45, 2.75) is 0 Å². The summed E-state index contributed by atoms with van der Waals surface area (Å²) in [6.07, 6.45) is 1.67. The van der Waals surface area contributed by atoms with E-state index < -0.39 is 5.91 Å². The van der Waals surface area contributed by atoms with E-state index >= 15 is 0 Å². The van der Waals surface area contributed by atoms with Crippen LogP contribution in [0.15, 0.2) is 61.2 Å². The highest BCUT2D eigenvalue weighted by Gasteiger charge is 2.10. The number of rotatable bonds is 8. The summed E-state index contributed by atoms with van der Waals surface area (Å²) in [5, 5.41) is 5.66. The normalized spacial score (nSPS) is 9.83. The van der Waals surface area contributed by atoms with Gasteiger partial charge in [-0.05, 0) is 36.4 Å². The van der Waals surface area contributed by atoms with Crippen molar-refractivity contribution in [2.24, 2.45) is 5.73 Å². The number of benzene rings is 2. The molecule has 0 aliphatic carbocycles. The zero-order valence-corrected chi connectivity index (χ0v) is 13.1. The standard InChI is InChI=1S/C18H19N3O3/c1-2-11-24-14-9-7-13(8-10-14)20-12-17(22)21-16-6-4-3-5-15(16)18(19)23/h2-10,20H,1,11-12H2,(H2,19,23)(H,21,22). The van der Waals surface area contributed by atoms with Crippen LogP contribution in [-0.4, -0.2) is 25.0 Å². The molecule has 2 aromatic carbocycles. The molecule has 0 saturated carbocycles. The van der Waals surface area contributed by atoms with Crippen LogP contribution in [0.3, 0.4) is 0 Å². The Kier molecular flexibility index (Phi) is 5.96. The van der Waals surface area contributed by atoms with Crippen molar-refractivity contribution in [2.75, 3.05) is 23.8 Å². The van der Waals surface area contributed by atoms with Gasteiger partial charge >= 0.3 is 0 Å². The molecular formula is C18H19N3O3. The predicted octanol–water partition coefficient (Wildman–Crippen LogP) is 2.40. The van der Waals surface area contributed by atoms with E-state index in [2.05, 4.69) is 17.2 Å². The highest BCUT2D eigenvalue weighted by Crippen LogP contribution is 2.16. The maximum absolute atomic E-state index is 12.0.